The van der Waals surface area contributed by atoms with Gasteiger partial charge < -0.3 is 19.1 Å². The number of benzene rings is 2. The van der Waals surface area contributed by atoms with Crippen LogP contribution in [0.1, 0.15) is 18.1 Å². The summed E-state index contributed by atoms with van der Waals surface area (Å²) < 4.78 is 15.9. The van der Waals surface area contributed by atoms with Gasteiger partial charge in [0.25, 0.3) is 5.91 Å². The molecule has 1 heterocycles. The molecule has 0 atom stereocenters. The van der Waals surface area contributed by atoms with Crippen LogP contribution in [0.15, 0.2) is 59.7 Å². The Kier molecular flexibility index (Phi) is 9.05. The summed E-state index contributed by atoms with van der Waals surface area (Å²) in [6.07, 6.45) is 1.71. The highest BCUT2D eigenvalue weighted by Gasteiger charge is 2.27. The molecular weight excluding hydrogens is 446 g/mol. The van der Waals surface area contributed by atoms with Crippen molar-refractivity contribution in [2.24, 2.45) is 0 Å². The first-order valence-corrected chi connectivity index (χ1v) is 11.4. The Labute approximate surface area is 206 Å². The van der Waals surface area contributed by atoms with Gasteiger partial charge in [0.1, 0.15) is 11.5 Å². The second-order valence-electron chi connectivity index (χ2n) is 8.29. The van der Waals surface area contributed by atoms with Crippen LogP contribution >= 0.6 is 0 Å². The highest BCUT2D eigenvalue weighted by atomic mass is 16.5. The van der Waals surface area contributed by atoms with Gasteiger partial charge in [0, 0.05) is 32.2 Å². The minimum Gasteiger partial charge on any atom is -0.497 e. The monoisotopic (exact) mass is 479 g/mol. The minimum absolute atomic E-state index is 0.165. The van der Waals surface area contributed by atoms with Gasteiger partial charge in [-0.15, -0.1) is 0 Å². The fourth-order valence-electron chi connectivity index (χ4n) is 3.82. The topological polar surface area (TPSA) is 80.3 Å². The third-order valence-electron chi connectivity index (χ3n) is 5.94. The number of hydrogen-bond acceptors (Lipinski definition) is 7. The molecule has 0 saturated carbocycles. The molecule has 1 saturated heterocycles. The number of esters is 1. The van der Waals surface area contributed by atoms with Crippen LogP contribution in [-0.2, 0) is 14.3 Å². The summed E-state index contributed by atoms with van der Waals surface area (Å²) >= 11 is 0. The van der Waals surface area contributed by atoms with Gasteiger partial charge in [0.05, 0.1) is 32.5 Å². The molecule has 0 radical (unpaired) electrons. The normalized spacial score (nSPS) is 15.7. The number of piperazine rings is 1. The first-order chi connectivity index (χ1) is 16.9. The summed E-state index contributed by atoms with van der Waals surface area (Å²) in [5, 5.41) is 1.87. The van der Waals surface area contributed by atoms with Crippen LogP contribution in [0.25, 0.3) is 11.6 Å². The third-order valence-corrected chi connectivity index (χ3v) is 5.94. The van der Waals surface area contributed by atoms with Crippen LogP contribution in [0.5, 0.6) is 11.5 Å². The zero-order valence-electron chi connectivity index (χ0n) is 21.0. The van der Waals surface area contributed by atoms with E-state index >= 15 is 0 Å². The number of hydrogen-bond donors (Lipinski definition) is 1. The molecule has 1 fully saturated rings. The second kappa shape index (κ2) is 12.2. The molecule has 3 rings (SSSR count). The number of rotatable bonds is 8. The number of hydrazine groups is 1. The zero-order valence-corrected chi connectivity index (χ0v) is 21.0. The maximum Gasteiger partial charge on any atom is 0.338 e. The van der Waals surface area contributed by atoms with Crippen LogP contribution in [0.3, 0.4) is 0 Å². The molecule has 1 N–H and O–H groups in total. The van der Waals surface area contributed by atoms with Gasteiger partial charge in [-0.25, -0.2) is 9.80 Å². The molecule has 0 aliphatic carbocycles. The Hall–Kier alpha value is -3.62. The van der Waals surface area contributed by atoms with Crippen molar-refractivity contribution in [1.82, 2.24) is 15.3 Å². The predicted octanol–water partition coefficient (Wildman–Crippen LogP) is 3.01. The number of carbonyl (C=O) groups excluding carboxylic acids is 2. The molecule has 186 valence electrons. The number of ether oxygens (including phenoxy) is 3. The largest absolute Gasteiger partial charge is 0.497 e. The number of likely N-dealkylation sites (N-methyl/N-ethyl adjacent to an activating group) is 1. The van der Waals surface area contributed by atoms with Crippen molar-refractivity contribution in [3.05, 3.63) is 70.8 Å². The summed E-state index contributed by atoms with van der Waals surface area (Å²) in [5.41, 5.74) is 5.37. The van der Waals surface area contributed by atoms with Gasteiger partial charge >= 0.3 is 5.97 Å². The smallest absolute Gasteiger partial charge is 0.338 e. The summed E-state index contributed by atoms with van der Waals surface area (Å²) in [6.45, 7) is 4.82. The molecule has 8 heteroatoms. The van der Waals surface area contributed by atoms with E-state index in [-0.39, 0.29) is 17.1 Å². The van der Waals surface area contributed by atoms with Gasteiger partial charge in [-0.2, -0.15) is 0 Å². The molecule has 0 unspecified atom stereocenters. The van der Waals surface area contributed by atoms with E-state index < -0.39 is 5.97 Å². The van der Waals surface area contributed by atoms with Gasteiger partial charge in [0.2, 0.25) is 0 Å². The maximum absolute atomic E-state index is 13.6. The highest BCUT2D eigenvalue weighted by molar-refractivity contribution is 6.16. The van der Waals surface area contributed by atoms with Crippen LogP contribution in [-0.4, -0.2) is 76.3 Å². The molecule has 2 aromatic rings. The van der Waals surface area contributed by atoms with Gasteiger partial charge in [-0.3, -0.25) is 10.2 Å². The van der Waals surface area contributed by atoms with Crippen molar-refractivity contribution in [2.45, 2.75) is 6.92 Å². The fourth-order valence-corrected chi connectivity index (χ4v) is 3.82. The summed E-state index contributed by atoms with van der Waals surface area (Å²) in [5.74, 6) is 0.143. The Bertz CT molecular complexity index is 1080. The molecule has 1 aliphatic heterocycles. The molecule has 35 heavy (non-hydrogen) atoms. The van der Waals surface area contributed by atoms with Gasteiger partial charge in [0.15, 0.2) is 0 Å². The highest BCUT2D eigenvalue weighted by Crippen LogP contribution is 2.32. The van der Waals surface area contributed by atoms with Crippen LogP contribution in [0, 0.1) is 0 Å². The lowest BCUT2D eigenvalue weighted by Crippen LogP contribution is -2.53. The average molecular weight is 480 g/mol. The number of nitrogens with one attached hydrogen (secondary N) is 1. The first kappa shape index (κ1) is 26.0. The van der Waals surface area contributed by atoms with Gasteiger partial charge in [-0.05, 0) is 48.9 Å². The van der Waals surface area contributed by atoms with E-state index in [0.29, 0.717) is 35.7 Å². The third kappa shape index (κ3) is 6.71. The molecular formula is C27H33N3O5. The van der Waals surface area contributed by atoms with E-state index in [1.807, 2.05) is 42.4 Å². The lowest BCUT2D eigenvalue weighted by Gasteiger charge is -2.32. The van der Waals surface area contributed by atoms with Gasteiger partial charge in [-0.1, -0.05) is 30.3 Å². The lowest BCUT2D eigenvalue weighted by molar-refractivity contribution is -0.136. The number of amides is 1. The number of carbonyl (C=O) groups is 2. The minimum atomic E-state index is -0.611. The zero-order chi connectivity index (χ0) is 25.4. The van der Waals surface area contributed by atoms with E-state index in [0.717, 1.165) is 18.7 Å². The lowest BCUT2D eigenvalue weighted by atomic mass is 9.93. The molecule has 2 aromatic carbocycles. The van der Waals surface area contributed by atoms with Crippen molar-refractivity contribution in [3.8, 4) is 11.5 Å². The van der Waals surface area contributed by atoms with E-state index in [2.05, 4.69) is 10.3 Å². The molecule has 1 aliphatic rings. The van der Waals surface area contributed by atoms with Crippen molar-refractivity contribution in [3.63, 3.8) is 0 Å². The Morgan fingerprint density at radius 2 is 1.51 bits per heavy atom. The fraction of sp³-hybridized carbons (Fsp3) is 0.333. The Morgan fingerprint density at radius 3 is 2.06 bits per heavy atom. The van der Waals surface area contributed by atoms with Crippen LogP contribution < -0.4 is 14.9 Å². The maximum atomic E-state index is 13.6. The van der Waals surface area contributed by atoms with Crippen LogP contribution in [0.4, 0.5) is 0 Å². The molecule has 0 spiro atoms. The van der Waals surface area contributed by atoms with E-state index in [4.69, 9.17) is 14.2 Å². The van der Waals surface area contributed by atoms with Crippen molar-refractivity contribution >= 4 is 23.5 Å². The standard InChI is InChI=1S/C27H33N3O5/c1-19(21-16-22(33-3)18-23(17-21)34-4)25(27(32)35-5)24(15-20-9-7-6-8-10-20)26(31)28-30-13-11-29(2)12-14-30/h6-10,15-18H,11-14H2,1-5H3,(H,28,31)/b24-15+,25-19?. The van der Waals surface area contributed by atoms with Crippen LogP contribution in [0.2, 0.25) is 0 Å². The van der Waals surface area contributed by atoms with Crippen molar-refractivity contribution in [1.29, 1.82) is 0 Å². The summed E-state index contributed by atoms with van der Waals surface area (Å²) in [7, 11) is 6.47. The van der Waals surface area contributed by atoms with Crippen molar-refractivity contribution in [2.75, 3.05) is 54.6 Å². The Balaban J connectivity index is 2.13. The van der Waals surface area contributed by atoms with E-state index in [9.17, 15) is 9.59 Å². The number of methoxy groups -OCH3 is 3. The summed E-state index contributed by atoms with van der Waals surface area (Å²) in [6, 6.07) is 14.7. The van der Waals surface area contributed by atoms with E-state index in [1.54, 1.807) is 45.4 Å². The number of nitrogens with zero attached hydrogens (tertiary/aromatic N) is 2. The number of allylic oxidation sites excluding steroid dienone is 1. The molecule has 0 aromatic heterocycles. The average Bonchev–Trinajstić information content (AvgIpc) is 2.89. The van der Waals surface area contributed by atoms with E-state index in [1.165, 1.54) is 7.11 Å². The predicted molar refractivity (Wildman–Crippen MR) is 136 cm³/mol. The first-order valence-electron chi connectivity index (χ1n) is 11.4. The second-order valence-corrected chi connectivity index (χ2v) is 8.29. The molecule has 8 nitrogen and oxygen atoms in total. The quantitative estimate of drug-likeness (QED) is 0.354. The Morgan fingerprint density at radius 1 is 0.914 bits per heavy atom. The molecule has 1 amide bonds. The molecule has 0 bridgehead atoms. The SMILES string of the molecule is COC(=O)C(=C(C)c1cc(OC)cc(OC)c1)/C(=C\c1ccccc1)C(=O)NN1CCN(C)CC1. The summed E-state index contributed by atoms with van der Waals surface area (Å²) in [4.78, 5) is 28.9. The van der Waals surface area contributed by atoms with Crippen molar-refractivity contribution < 1.29 is 23.8 Å².